The van der Waals surface area contributed by atoms with Crippen LogP contribution in [0, 0.1) is 5.82 Å². The number of benzene rings is 2. The quantitative estimate of drug-likeness (QED) is 0.798. The Morgan fingerprint density at radius 1 is 1.22 bits per heavy atom. The van der Waals surface area contributed by atoms with Gasteiger partial charge in [0.1, 0.15) is 18.2 Å². The Hall–Kier alpha value is -2.40. The van der Waals surface area contributed by atoms with Crippen LogP contribution < -0.4 is 4.74 Å². The second-order valence-corrected chi connectivity index (χ2v) is 7.69. The molecule has 0 radical (unpaired) electrons. The normalized spacial score (nSPS) is 17.5. The fourth-order valence-corrected chi connectivity index (χ4v) is 4.05. The molecule has 2 aliphatic rings. The second-order valence-electron chi connectivity index (χ2n) is 7.69. The maximum atomic E-state index is 13.8. The Bertz CT molecular complexity index is 847. The molecule has 1 aliphatic heterocycles. The zero-order chi connectivity index (χ0) is 18.9. The van der Waals surface area contributed by atoms with Gasteiger partial charge in [0.05, 0.1) is 0 Å². The van der Waals surface area contributed by atoms with Gasteiger partial charge >= 0.3 is 5.97 Å². The van der Waals surface area contributed by atoms with Crippen molar-refractivity contribution in [2.75, 3.05) is 13.1 Å². The van der Waals surface area contributed by atoms with Crippen LogP contribution in [0.5, 0.6) is 5.75 Å². The molecule has 1 saturated carbocycles. The smallest absolute Gasteiger partial charge is 0.303 e. The summed E-state index contributed by atoms with van der Waals surface area (Å²) in [4.78, 5) is 13.1. The van der Waals surface area contributed by atoms with Crippen LogP contribution in [0.2, 0.25) is 0 Å². The molecule has 142 valence electrons. The Labute approximate surface area is 158 Å². The van der Waals surface area contributed by atoms with Gasteiger partial charge in [-0.1, -0.05) is 24.3 Å². The third-order valence-corrected chi connectivity index (χ3v) is 5.64. The zero-order valence-electron chi connectivity index (χ0n) is 15.3. The van der Waals surface area contributed by atoms with E-state index in [4.69, 9.17) is 9.84 Å². The number of hydrogen-bond acceptors (Lipinski definition) is 3. The molecule has 0 aromatic heterocycles. The molecule has 1 aliphatic carbocycles. The Morgan fingerprint density at radius 2 is 2.04 bits per heavy atom. The fraction of sp³-hybridized carbons (Fsp3) is 0.409. The van der Waals surface area contributed by atoms with Gasteiger partial charge in [-0.05, 0) is 55.1 Å². The van der Waals surface area contributed by atoms with E-state index in [0.29, 0.717) is 12.0 Å². The third kappa shape index (κ3) is 3.98. The van der Waals surface area contributed by atoms with Crippen LogP contribution in [0.4, 0.5) is 4.39 Å². The highest BCUT2D eigenvalue weighted by Crippen LogP contribution is 2.53. The number of aliphatic carboxylic acids is 1. The van der Waals surface area contributed by atoms with Gasteiger partial charge in [0.15, 0.2) is 0 Å². The molecule has 1 fully saturated rings. The Kier molecular flexibility index (Phi) is 4.87. The van der Waals surface area contributed by atoms with Crippen LogP contribution in [-0.2, 0) is 23.4 Å². The molecule has 4 rings (SSSR count). The van der Waals surface area contributed by atoms with Crippen molar-refractivity contribution in [3.05, 3.63) is 65.0 Å². The number of hydrogen-bond donors (Lipinski definition) is 1. The number of ether oxygens (including phenoxy) is 1. The summed E-state index contributed by atoms with van der Waals surface area (Å²) >= 11 is 0. The minimum Gasteiger partial charge on any atom is -0.489 e. The molecule has 0 unspecified atom stereocenters. The molecule has 5 heteroatoms. The molecular formula is C22H24FNO3. The first-order chi connectivity index (χ1) is 13.1. The average Bonchev–Trinajstić information content (AvgIpc) is 3.41. The lowest BCUT2D eigenvalue weighted by molar-refractivity contribution is -0.137. The number of halogens is 1. The van der Waals surface area contributed by atoms with E-state index >= 15 is 0 Å². The van der Waals surface area contributed by atoms with Gasteiger partial charge in [0.2, 0.25) is 0 Å². The van der Waals surface area contributed by atoms with Crippen molar-refractivity contribution in [3.63, 3.8) is 0 Å². The summed E-state index contributed by atoms with van der Waals surface area (Å²) in [7, 11) is 0. The van der Waals surface area contributed by atoms with E-state index in [-0.39, 0.29) is 24.3 Å². The van der Waals surface area contributed by atoms with Gasteiger partial charge in [0, 0.05) is 30.5 Å². The molecule has 0 atom stereocenters. The molecule has 4 nitrogen and oxygen atoms in total. The Balaban J connectivity index is 1.45. The van der Waals surface area contributed by atoms with Gasteiger partial charge < -0.3 is 9.84 Å². The highest BCUT2D eigenvalue weighted by molar-refractivity contribution is 5.66. The molecule has 2 aromatic rings. The van der Waals surface area contributed by atoms with E-state index in [1.54, 1.807) is 12.1 Å². The van der Waals surface area contributed by atoms with Gasteiger partial charge in [-0.2, -0.15) is 0 Å². The van der Waals surface area contributed by atoms with Gasteiger partial charge in [-0.15, -0.1) is 0 Å². The number of carboxylic acids is 1. The van der Waals surface area contributed by atoms with Gasteiger partial charge in [0.25, 0.3) is 0 Å². The van der Waals surface area contributed by atoms with Crippen LogP contribution in [0.3, 0.4) is 0 Å². The highest BCUT2D eigenvalue weighted by Gasteiger charge is 2.49. The van der Waals surface area contributed by atoms with Gasteiger partial charge in [-0.25, -0.2) is 4.39 Å². The first-order valence-corrected chi connectivity index (χ1v) is 9.49. The average molecular weight is 369 g/mol. The van der Waals surface area contributed by atoms with Crippen LogP contribution in [-0.4, -0.2) is 29.1 Å². The molecule has 0 amide bonds. The summed E-state index contributed by atoms with van der Waals surface area (Å²) < 4.78 is 19.6. The fourth-order valence-electron chi connectivity index (χ4n) is 4.05. The predicted octanol–water partition coefficient (Wildman–Crippen LogP) is 4.12. The van der Waals surface area contributed by atoms with Crippen LogP contribution >= 0.6 is 0 Å². The SMILES string of the molecule is O=C(O)CCCN1Cc2ccc(OCc3ccccc3F)cc2C2(CC2)C1. The van der Waals surface area contributed by atoms with Crippen molar-refractivity contribution < 1.29 is 19.0 Å². The van der Waals surface area contributed by atoms with Crippen molar-refractivity contribution in [3.8, 4) is 5.75 Å². The van der Waals surface area contributed by atoms with Crippen molar-refractivity contribution in [2.45, 2.75) is 44.2 Å². The lowest BCUT2D eigenvalue weighted by Gasteiger charge is -2.35. The number of carbonyl (C=O) groups is 1. The van der Waals surface area contributed by atoms with E-state index < -0.39 is 5.97 Å². The zero-order valence-corrected chi connectivity index (χ0v) is 15.3. The van der Waals surface area contributed by atoms with Crippen molar-refractivity contribution >= 4 is 5.97 Å². The number of carboxylic acid groups (broad SMARTS) is 1. The highest BCUT2D eigenvalue weighted by atomic mass is 19.1. The molecule has 0 bridgehead atoms. The largest absolute Gasteiger partial charge is 0.489 e. The lowest BCUT2D eigenvalue weighted by atomic mass is 9.86. The van der Waals surface area contributed by atoms with E-state index in [2.05, 4.69) is 17.0 Å². The monoisotopic (exact) mass is 369 g/mol. The number of fused-ring (bicyclic) bond motifs is 2. The standard InChI is InChI=1S/C22H24FNO3/c23-20-5-2-1-4-17(20)14-27-18-8-7-16-13-24(11-3-6-21(25)26)15-22(9-10-22)19(16)12-18/h1-2,4-5,7-8,12H,3,6,9-11,13-15H2,(H,25,26). The molecule has 1 spiro atoms. The first-order valence-electron chi connectivity index (χ1n) is 9.49. The molecule has 1 heterocycles. The van der Waals surface area contributed by atoms with E-state index in [9.17, 15) is 9.18 Å². The second kappa shape index (κ2) is 7.31. The van der Waals surface area contributed by atoms with Gasteiger partial charge in [-0.3, -0.25) is 9.69 Å². The lowest BCUT2D eigenvalue weighted by Crippen LogP contribution is -2.38. The van der Waals surface area contributed by atoms with Crippen molar-refractivity contribution in [2.24, 2.45) is 0 Å². The summed E-state index contributed by atoms with van der Waals surface area (Å²) in [5.41, 5.74) is 3.39. The van der Waals surface area contributed by atoms with Crippen LogP contribution in [0.1, 0.15) is 42.4 Å². The Morgan fingerprint density at radius 3 is 2.78 bits per heavy atom. The number of nitrogens with zero attached hydrogens (tertiary/aromatic N) is 1. The third-order valence-electron chi connectivity index (χ3n) is 5.64. The minimum atomic E-state index is -0.731. The number of rotatable bonds is 7. The molecule has 0 saturated heterocycles. The maximum Gasteiger partial charge on any atom is 0.303 e. The van der Waals surface area contributed by atoms with E-state index in [1.807, 2.05) is 12.1 Å². The summed E-state index contributed by atoms with van der Waals surface area (Å²) in [6.45, 7) is 2.87. The minimum absolute atomic E-state index is 0.189. The van der Waals surface area contributed by atoms with Crippen LogP contribution in [0.25, 0.3) is 0 Å². The summed E-state index contributed by atoms with van der Waals surface area (Å²) in [6.07, 6.45) is 3.22. The first kappa shape index (κ1) is 18.0. The molecular weight excluding hydrogens is 345 g/mol. The summed E-state index contributed by atoms with van der Waals surface area (Å²) in [6, 6.07) is 12.9. The molecule has 1 N–H and O–H groups in total. The van der Waals surface area contributed by atoms with E-state index in [1.165, 1.54) is 17.2 Å². The topological polar surface area (TPSA) is 49.8 Å². The van der Waals surface area contributed by atoms with E-state index in [0.717, 1.165) is 38.2 Å². The summed E-state index contributed by atoms with van der Waals surface area (Å²) in [5.74, 6) is -0.195. The predicted molar refractivity (Wildman–Crippen MR) is 100 cm³/mol. The van der Waals surface area contributed by atoms with Crippen molar-refractivity contribution in [1.29, 1.82) is 0 Å². The molecule has 2 aromatic carbocycles. The maximum absolute atomic E-state index is 13.8. The summed E-state index contributed by atoms with van der Waals surface area (Å²) in [5, 5.41) is 8.84. The van der Waals surface area contributed by atoms with Crippen LogP contribution in [0.15, 0.2) is 42.5 Å². The molecule has 27 heavy (non-hydrogen) atoms. The van der Waals surface area contributed by atoms with Crippen molar-refractivity contribution in [1.82, 2.24) is 4.90 Å².